The molecule has 0 saturated carbocycles. The smallest absolute Gasteiger partial charge is 0.307 e. The van der Waals surface area contributed by atoms with Gasteiger partial charge in [0.15, 0.2) is 0 Å². The molecule has 0 bridgehead atoms. The lowest BCUT2D eigenvalue weighted by Gasteiger charge is -2.30. The number of carboxylic acids is 1. The van der Waals surface area contributed by atoms with E-state index in [0.717, 1.165) is 0 Å². The summed E-state index contributed by atoms with van der Waals surface area (Å²) in [5, 5.41) is 8.71. The maximum Gasteiger partial charge on any atom is 0.307 e. The van der Waals surface area contributed by atoms with Crippen molar-refractivity contribution in [1.29, 1.82) is 0 Å². The summed E-state index contributed by atoms with van der Waals surface area (Å²) in [5.74, 6) is -1.93. The third kappa shape index (κ3) is 3.63. The van der Waals surface area contributed by atoms with Gasteiger partial charge >= 0.3 is 5.97 Å². The number of piperidine rings is 1. The van der Waals surface area contributed by atoms with E-state index in [-0.39, 0.29) is 17.9 Å². The molecule has 0 radical (unpaired) electrons. The number of benzene rings is 1. The molecule has 1 aliphatic heterocycles. The predicted octanol–water partition coefficient (Wildman–Crippen LogP) is 0.200. The number of hydrogen-bond donors (Lipinski definition) is 2. The highest BCUT2D eigenvalue weighted by molar-refractivity contribution is 7.89. The van der Waals surface area contributed by atoms with Gasteiger partial charge < -0.3 is 10.8 Å². The van der Waals surface area contributed by atoms with Crippen LogP contribution in [-0.2, 0) is 26.0 Å². The fraction of sp³-hybridized carbons (Fsp3) is 0.429. The molecule has 2 rings (SSSR count). The fourth-order valence-corrected chi connectivity index (χ4v) is 4.02. The van der Waals surface area contributed by atoms with Crippen LogP contribution in [0.2, 0.25) is 0 Å². The van der Waals surface area contributed by atoms with Gasteiger partial charge in [0.25, 0.3) is 0 Å². The number of rotatable bonds is 5. The molecular formula is C14H18N2O5S. The van der Waals surface area contributed by atoms with Crippen LogP contribution in [0.4, 0.5) is 0 Å². The third-order valence-corrected chi connectivity index (χ3v) is 5.58. The van der Waals surface area contributed by atoms with Crippen molar-refractivity contribution in [3.8, 4) is 0 Å². The van der Waals surface area contributed by atoms with Crippen molar-refractivity contribution in [2.75, 3.05) is 13.1 Å². The monoisotopic (exact) mass is 326 g/mol. The van der Waals surface area contributed by atoms with Gasteiger partial charge in [0, 0.05) is 13.1 Å². The van der Waals surface area contributed by atoms with Gasteiger partial charge in [0.1, 0.15) is 0 Å². The van der Waals surface area contributed by atoms with Crippen LogP contribution in [-0.4, -0.2) is 42.8 Å². The van der Waals surface area contributed by atoms with Crippen LogP contribution >= 0.6 is 0 Å². The number of hydrogen-bond acceptors (Lipinski definition) is 4. The molecule has 1 aromatic rings. The molecule has 0 aliphatic carbocycles. The van der Waals surface area contributed by atoms with Crippen LogP contribution in [0.25, 0.3) is 0 Å². The van der Waals surface area contributed by atoms with Gasteiger partial charge in [0.2, 0.25) is 15.9 Å². The number of nitrogens with zero attached hydrogens (tertiary/aromatic N) is 1. The normalized spacial score (nSPS) is 19.7. The second-order valence-electron chi connectivity index (χ2n) is 5.32. The van der Waals surface area contributed by atoms with Gasteiger partial charge in [-0.15, -0.1) is 0 Å². The molecule has 1 aromatic carbocycles. The number of sulfonamides is 1. The largest absolute Gasteiger partial charge is 0.481 e. The molecule has 1 saturated heterocycles. The van der Waals surface area contributed by atoms with Crippen LogP contribution in [0.1, 0.15) is 18.4 Å². The Bertz CT molecular complexity index is 669. The number of nitrogens with two attached hydrogens (primary N) is 1. The Morgan fingerprint density at radius 1 is 1.27 bits per heavy atom. The Morgan fingerprint density at radius 2 is 1.91 bits per heavy atom. The first kappa shape index (κ1) is 16.4. The molecule has 1 atom stereocenters. The average Bonchev–Trinajstić information content (AvgIpc) is 2.47. The van der Waals surface area contributed by atoms with Gasteiger partial charge in [-0.1, -0.05) is 12.1 Å². The molecule has 22 heavy (non-hydrogen) atoms. The van der Waals surface area contributed by atoms with Crippen LogP contribution in [0.3, 0.4) is 0 Å². The summed E-state index contributed by atoms with van der Waals surface area (Å²) >= 11 is 0. The molecule has 1 amide bonds. The van der Waals surface area contributed by atoms with Crippen molar-refractivity contribution in [2.45, 2.75) is 24.2 Å². The standard InChI is InChI=1S/C14H18N2O5S/c15-14(19)11-2-1-7-16(9-11)22(20,21)12-5-3-10(4-6-12)8-13(17)18/h3-6,11H,1-2,7-9H2,(H2,15,19)(H,17,18). The molecule has 3 N–H and O–H groups in total. The van der Waals surface area contributed by atoms with Gasteiger partial charge in [-0.25, -0.2) is 8.42 Å². The highest BCUT2D eigenvalue weighted by Gasteiger charge is 2.32. The van der Waals surface area contributed by atoms with E-state index in [0.29, 0.717) is 24.9 Å². The SMILES string of the molecule is NC(=O)C1CCCN(S(=O)(=O)c2ccc(CC(=O)O)cc2)C1. The van der Waals surface area contributed by atoms with E-state index < -0.39 is 27.8 Å². The highest BCUT2D eigenvalue weighted by atomic mass is 32.2. The topological polar surface area (TPSA) is 118 Å². The summed E-state index contributed by atoms with van der Waals surface area (Å²) in [6.07, 6.45) is 1.02. The van der Waals surface area contributed by atoms with E-state index >= 15 is 0 Å². The quantitative estimate of drug-likeness (QED) is 0.801. The Hall–Kier alpha value is -1.93. The minimum Gasteiger partial charge on any atom is -0.481 e. The van der Waals surface area contributed by atoms with Gasteiger partial charge in [-0.05, 0) is 30.5 Å². The fourth-order valence-electron chi connectivity index (χ4n) is 2.50. The van der Waals surface area contributed by atoms with E-state index in [2.05, 4.69) is 0 Å². The summed E-state index contributed by atoms with van der Waals surface area (Å²) < 4.78 is 26.4. The maximum absolute atomic E-state index is 12.5. The first-order valence-electron chi connectivity index (χ1n) is 6.91. The average molecular weight is 326 g/mol. The minimum atomic E-state index is -3.70. The zero-order valence-electron chi connectivity index (χ0n) is 11.9. The van der Waals surface area contributed by atoms with Gasteiger partial charge in [-0.2, -0.15) is 4.31 Å². The maximum atomic E-state index is 12.5. The second-order valence-corrected chi connectivity index (χ2v) is 7.26. The Labute approximate surface area is 128 Å². The van der Waals surface area contributed by atoms with E-state index in [1.54, 1.807) is 0 Å². The lowest BCUT2D eigenvalue weighted by Crippen LogP contribution is -2.44. The molecule has 0 spiro atoms. The molecule has 1 heterocycles. The number of carboxylic acid groups (broad SMARTS) is 1. The molecule has 1 fully saturated rings. The molecule has 1 aliphatic rings. The van der Waals surface area contributed by atoms with Gasteiger partial charge in [0.05, 0.1) is 17.2 Å². The second kappa shape index (κ2) is 6.45. The number of primary amides is 1. The lowest BCUT2D eigenvalue weighted by molar-refractivity contribution is -0.136. The molecule has 1 unspecified atom stereocenters. The Balaban J connectivity index is 2.19. The van der Waals surface area contributed by atoms with Crippen LogP contribution in [0.15, 0.2) is 29.2 Å². The van der Waals surface area contributed by atoms with Gasteiger partial charge in [-0.3, -0.25) is 9.59 Å². The molecule has 0 aromatic heterocycles. The zero-order chi connectivity index (χ0) is 16.3. The summed E-state index contributed by atoms with van der Waals surface area (Å²) in [5.41, 5.74) is 5.79. The van der Waals surface area contributed by atoms with Crippen LogP contribution in [0, 0.1) is 5.92 Å². The van der Waals surface area contributed by atoms with Crippen molar-refractivity contribution < 1.29 is 23.1 Å². The van der Waals surface area contributed by atoms with Crippen molar-refractivity contribution in [1.82, 2.24) is 4.31 Å². The number of amides is 1. The molecule has 8 heteroatoms. The predicted molar refractivity (Wildman–Crippen MR) is 78.5 cm³/mol. The summed E-state index contributed by atoms with van der Waals surface area (Å²) in [7, 11) is -3.70. The zero-order valence-corrected chi connectivity index (χ0v) is 12.8. The van der Waals surface area contributed by atoms with Crippen LogP contribution in [0.5, 0.6) is 0 Å². The van der Waals surface area contributed by atoms with Crippen molar-refractivity contribution in [2.24, 2.45) is 11.7 Å². The van der Waals surface area contributed by atoms with E-state index in [9.17, 15) is 18.0 Å². The molecule has 7 nitrogen and oxygen atoms in total. The van der Waals surface area contributed by atoms with Crippen LogP contribution < -0.4 is 5.73 Å². The molecular weight excluding hydrogens is 308 g/mol. The van der Waals surface area contributed by atoms with E-state index in [1.807, 2.05) is 0 Å². The van der Waals surface area contributed by atoms with E-state index in [1.165, 1.54) is 28.6 Å². The van der Waals surface area contributed by atoms with E-state index in [4.69, 9.17) is 10.8 Å². The summed E-state index contributed by atoms with van der Waals surface area (Å²) in [6, 6.07) is 5.75. The first-order valence-corrected chi connectivity index (χ1v) is 8.35. The Kier molecular flexibility index (Phi) is 4.82. The highest BCUT2D eigenvalue weighted by Crippen LogP contribution is 2.23. The first-order chi connectivity index (χ1) is 10.3. The van der Waals surface area contributed by atoms with Crippen molar-refractivity contribution in [3.05, 3.63) is 29.8 Å². The number of carbonyl (C=O) groups excluding carboxylic acids is 1. The summed E-state index contributed by atoms with van der Waals surface area (Å²) in [4.78, 5) is 22.0. The summed E-state index contributed by atoms with van der Waals surface area (Å²) in [6.45, 7) is 0.442. The lowest BCUT2D eigenvalue weighted by atomic mass is 9.99. The number of aliphatic carboxylic acids is 1. The minimum absolute atomic E-state index is 0.0896. The van der Waals surface area contributed by atoms with Crippen molar-refractivity contribution in [3.63, 3.8) is 0 Å². The molecule has 120 valence electrons. The van der Waals surface area contributed by atoms with Crippen molar-refractivity contribution >= 4 is 21.9 Å². The Morgan fingerprint density at radius 3 is 2.45 bits per heavy atom. The number of carbonyl (C=O) groups is 2. The third-order valence-electron chi connectivity index (χ3n) is 3.70.